The number of rotatable bonds is 5. The molecule has 1 aromatic carbocycles. The Labute approximate surface area is 144 Å². The van der Waals surface area contributed by atoms with Crippen molar-refractivity contribution in [1.29, 1.82) is 0 Å². The Kier molecular flexibility index (Phi) is 4.76. The van der Waals surface area contributed by atoms with Crippen molar-refractivity contribution in [2.75, 3.05) is 7.05 Å². The number of nitrogens with one attached hydrogen (secondary N) is 1. The lowest BCUT2D eigenvalue weighted by Crippen LogP contribution is -2.26. The lowest BCUT2D eigenvalue weighted by molar-refractivity contribution is -0.125. The van der Waals surface area contributed by atoms with E-state index in [-0.39, 0.29) is 30.1 Å². The van der Waals surface area contributed by atoms with Crippen LogP contribution in [0.2, 0.25) is 0 Å². The van der Waals surface area contributed by atoms with Crippen LogP contribution in [0.25, 0.3) is 0 Å². The maximum absolute atomic E-state index is 12.4. The fraction of sp³-hybridized carbons (Fsp3) is 0.278. The summed E-state index contributed by atoms with van der Waals surface area (Å²) >= 11 is 1.61. The Morgan fingerprint density at radius 3 is 2.54 bits per heavy atom. The van der Waals surface area contributed by atoms with Gasteiger partial charge in [0.15, 0.2) is 0 Å². The standard InChI is InChI=1S/C18H18N2O3S/c1-20(10-13-6-7-24-11-13)18(23)14-4-2-12(3-5-14)8-15-9-16(21)19-17(15)22/h2-7,11,15H,8-10H2,1H3,(H,19,21,22)/t15-/m1/s1. The summed E-state index contributed by atoms with van der Waals surface area (Å²) in [5, 5.41) is 6.34. The van der Waals surface area contributed by atoms with Crippen LogP contribution in [0.1, 0.15) is 27.9 Å². The molecule has 0 radical (unpaired) electrons. The van der Waals surface area contributed by atoms with Crippen molar-refractivity contribution in [2.24, 2.45) is 5.92 Å². The molecule has 1 aliphatic heterocycles. The van der Waals surface area contributed by atoms with Crippen LogP contribution >= 0.6 is 11.3 Å². The highest BCUT2D eigenvalue weighted by Gasteiger charge is 2.30. The molecule has 1 saturated heterocycles. The lowest BCUT2D eigenvalue weighted by atomic mass is 9.97. The highest BCUT2D eigenvalue weighted by atomic mass is 32.1. The van der Waals surface area contributed by atoms with Gasteiger partial charge in [-0.3, -0.25) is 19.7 Å². The van der Waals surface area contributed by atoms with Crippen LogP contribution in [-0.2, 0) is 22.6 Å². The maximum Gasteiger partial charge on any atom is 0.253 e. The average molecular weight is 342 g/mol. The van der Waals surface area contributed by atoms with Crippen molar-refractivity contribution in [1.82, 2.24) is 10.2 Å². The molecule has 1 N–H and O–H groups in total. The van der Waals surface area contributed by atoms with Crippen molar-refractivity contribution >= 4 is 29.1 Å². The zero-order valence-electron chi connectivity index (χ0n) is 13.3. The summed E-state index contributed by atoms with van der Waals surface area (Å²) in [6.45, 7) is 0.578. The van der Waals surface area contributed by atoms with Crippen LogP contribution in [0, 0.1) is 5.92 Å². The molecule has 124 valence electrons. The minimum Gasteiger partial charge on any atom is -0.337 e. The molecule has 6 heteroatoms. The zero-order chi connectivity index (χ0) is 17.1. The molecule has 24 heavy (non-hydrogen) atoms. The number of hydrogen-bond acceptors (Lipinski definition) is 4. The smallest absolute Gasteiger partial charge is 0.253 e. The molecule has 0 unspecified atom stereocenters. The monoisotopic (exact) mass is 342 g/mol. The number of carbonyl (C=O) groups excluding carboxylic acids is 3. The van der Waals surface area contributed by atoms with Crippen molar-refractivity contribution < 1.29 is 14.4 Å². The van der Waals surface area contributed by atoms with Crippen LogP contribution in [-0.4, -0.2) is 29.7 Å². The van der Waals surface area contributed by atoms with Crippen LogP contribution in [0.5, 0.6) is 0 Å². The van der Waals surface area contributed by atoms with Gasteiger partial charge in [0.1, 0.15) is 0 Å². The Morgan fingerprint density at radius 2 is 1.96 bits per heavy atom. The van der Waals surface area contributed by atoms with E-state index >= 15 is 0 Å². The third kappa shape index (κ3) is 3.71. The van der Waals surface area contributed by atoms with Crippen molar-refractivity contribution in [3.63, 3.8) is 0 Å². The van der Waals surface area contributed by atoms with Crippen LogP contribution in [0.4, 0.5) is 0 Å². The molecule has 1 atom stereocenters. The number of nitrogens with zero attached hydrogens (tertiary/aromatic N) is 1. The third-order valence-electron chi connectivity index (χ3n) is 4.09. The van der Waals surface area contributed by atoms with Crippen LogP contribution < -0.4 is 5.32 Å². The quantitative estimate of drug-likeness (QED) is 0.848. The lowest BCUT2D eigenvalue weighted by Gasteiger charge is -2.17. The molecule has 1 fully saturated rings. The van der Waals surface area contributed by atoms with E-state index in [1.807, 2.05) is 29.0 Å². The van der Waals surface area contributed by atoms with Gasteiger partial charge in [0, 0.05) is 25.6 Å². The molecule has 5 nitrogen and oxygen atoms in total. The largest absolute Gasteiger partial charge is 0.337 e. The molecule has 2 aromatic rings. The van der Waals surface area contributed by atoms with E-state index in [9.17, 15) is 14.4 Å². The topological polar surface area (TPSA) is 66.5 Å². The van der Waals surface area contributed by atoms with E-state index in [0.717, 1.165) is 11.1 Å². The van der Waals surface area contributed by atoms with E-state index in [1.165, 1.54) is 0 Å². The molecular formula is C18H18N2O3S. The summed E-state index contributed by atoms with van der Waals surface area (Å²) in [6, 6.07) is 9.25. The first-order chi connectivity index (χ1) is 11.5. The molecule has 1 aliphatic rings. The zero-order valence-corrected chi connectivity index (χ0v) is 14.1. The van der Waals surface area contributed by atoms with Gasteiger partial charge >= 0.3 is 0 Å². The van der Waals surface area contributed by atoms with Gasteiger partial charge in [-0.2, -0.15) is 11.3 Å². The minimum atomic E-state index is -0.305. The molecule has 3 amide bonds. The Bertz CT molecular complexity index is 753. The Balaban J connectivity index is 1.62. The Hall–Kier alpha value is -2.47. The predicted molar refractivity (Wildman–Crippen MR) is 91.5 cm³/mol. The van der Waals surface area contributed by atoms with E-state index in [4.69, 9.17) is 0 Å². The molecular weight excluding hydrogens is 324 g/mol. The van der Waals surface area contributed by atoms with Crippen molar-refractivity contribution in [3.8, 4) is 0 Å². The number of hydrogen-bond donors (Lipinski definition) is 1. The van der Waals surface area contributed by atoms with Gasteiger partial charge in [0.05, 0.1) is 5.92 Å². The number of imide groups is 1. The summed E-state index contributed by atoms with van der Waals surface area (Å²) in [4.78, 5) is 37.0. The fourth-order valence-electron chi connectivity index (χ4n) is 2.79. The van der Waals surface area contributed by atoms with Gasteiger partial charge in [-0.05, 0) is 46.5 Å². The summed E-state index contributed by atoms with van der Waals surface area (Å²) in [6.07, 6.45) is 0.750. The summed E-state index contributed by atoms with van der Waals surface area (Å²) in [5.74, 6) is -0.774. The molecule has 0 saturated carbocycles. The van der Waals surface area contributed by atoms with Gasteiger partial charge in [-0.25, -0.2) is 0 Å². The van der Waals surface area contributed by atoms with E-state index in [1.54, 1.807) is 35.4 Å². The van der Waals surface area contributed by atoms with E-state index in [2.05, 4.69) is 5.32 Å². The van der Waals surface area contributed by atoms with Gasteiger partial charge in [0.2, 0.25) is 11.8 Å². The van der Waals surface area contributed by atoms with Gasteiger partial charge < -0.3 is 4.90 Å². The van der Waals surface area contributed by atoms with E-state index in [0.29, 0.717) is 18.5 Å². The normalized spacial score (nSPS) is 17.0. The van der Waals surface area contributed by atoms with Crippen molar-refractivity contribution in [3.05, 3.63) is 57.8 Å². The third-order valence-corrected chi connectivity index (χ3v) is 4.83. The molecule has 0 aliphatic carbocycles. The van der Waals surface area contributed by atoms with Crippen molar-refractivity contribution in [2.45, 2.75) is 19.4 Å². The van der Waals surface area contributed by atoms with Gasteiger partial charge in [-0.1, -0.05) is 12.1 Å². The summed E-state index contributed by atoms with van der Waals surface area (Å²) in [5.41, 5.74) is 2.68. The number of thiophene rings is 1. The summed E-state index contributed by atoms with van der Waals surface area (Å²) < 4.78 is 0. The molecule has 2 heterocycles. The second kappa shape index (κ2) is 6.97. The predicted octanol–water partition coefficient (Wildman–Crippen LogP) is 2.23. The number of carbonyl (C=O) groups is 3. The van der Waals surface area contributed by atoms with Crippen LogP contribution in [0.3, 0.4) is 0 Å². The average Bonchev–Trinajstić information content (AvgIpc) is 3.17. The second-order valence-corrected chi connectivity index (χ2v) is 6.79. The molecule has 0 spiro atoms. The van der Waals surface area contributed by atoms with Gasteiger partial charge in [0.25, 0.3) is 5.91 Å². The highest BCUT2D eigenvalue weighted by molar-refractivity contribution is 7.07. The number of benzene rings is 1. The fourth-order valence-corrected chi connectivity index (χ4v) is 3.45. The second-order valence-electron chi connectivity index (χ2n) is 6.01. The Morgan fingerprint density at radius 1 is 1.21 bits per heavy atom. The highest BCUT2D eigenvalue weighted by Crippen LogP contribution is 2.18. The first-order valence-electron chi connectivity index (χ1n) is 7.72. The maximum atomic E-state index is 12.4. The summed E-state index contributed by atoms with van der Waals surface area (Å²) in [7, 11) is 1.78. The number of amides is 3. The van der Waals surface area contributed by atoms with Crippen LogP contribution in [0.15, 0.2) is 41.1 Å². The molecule has 1 aromatic heterocycles. The van der Waals surface area contributed by atoms with E-state index < -0.39 is 0 Å². The molecule has 3 rings (SSSR count). The van der Waals surface area contributed by atoms with Gasteiger partial charge in [-0.15, -0.1) is 0 Å². The SMILES string of the molecule is CN(Cc1ccsc1)C(=O)c1ccc(C[C@@H]2CC(=O)NC2=O)cc1. The first-order valence-corrected chi connectivity index (χ1v) is 8.66. The molecule has 0 bridgehead atoms. The first kappa shape index (κ1) is 16.4. The minimum absolute atomic E-state index is 0.0402.